The van der Waals surface area contributed by atoms with Crippen LogP contribution in [0.5, 0.6) is 0 Å². The Bertz CT molecular complexity index is 1260. The molecule has 0 atom stereocenters. The Kier molecular flexibility index (Phi) is 6.18. The van der Waals surface area contributed by atoms with E-state index in [1.807, 2.05) is 34.9 Å². The molecule has 0 bridgehead atoms. The molecule has 2 aliphatic rings. The van der Waals surface area contributed by atoms with Crippen molar-refractivity contribution >= 4 is 22.7 Å². The van der Waals surface area contributed by atoms with Gasteiger partial charge in [0.25, 0.3) is 5.91 Å². The van der Waals surface area contributed by atoms with E-state index in [9.17, 15) is 14.0 Å². The summed E-state index contributed by atoms with van der Waals surface area (Å²) in [6, 6.07) is 8.39. The average Bonchev–Trinajstić information content (AvgIpc) is 3.25. The fraction of sp³-hybridized carbons (Fsp3) is 0.370. The van der Waals surface area contributed by atoms with Gasteiger partial charge in [-0.05, 0) is 62.1 Å². The lowest BCUT2D eigenvalue weighted by atomic mass is 9.89. The number of H-pyrrole nitrogens is 1. The van der Waals surface area contributed by atoms with Gasteiger partial charge in [-0.25, -0.2) is 4.39 Å². The second kappa shape index (κ2) is 9.41. The maximum atomic E-state index is 13.7. The molecular weight excluding hydrogens is 431 g/mol. The molecule has 7 heteroatoms. The van der Waals surface area contributed by atoms with Gasteiger partial charge in [0.15, 0.2) is 0 Å². The highest BCUT2D eigenvalue weighted by Crippen LogP contribution is 2.31. The van der Waals surface area contributed by atoms with E-state index in [-0.39, 0.29) is 30.0 Å². The van der Waals surface area contributed by atoms with Crippen molar-refractivity contribution in [2.75, 3.05) is 26.2 Å². The number of aromatic nitrogens is 2. The summed E-state index contributed by atoms with van der Waals surface area (Å²) in [4.78, 5) is 37.9. The van der Waals surface area contributed by atoms with E-state index in [0.29, 0.717) is 25.2 Å². The highest BCUT2D eigenvalue weighted by Gasteiger charge is 2.29. The zero-order valence-corrected chi connectivity index (χ0v) is 19.4. The third-order valence-electron chi connectivity index (χ3n) is 6.95. The summed E-state index contributed by atoms with van der Waals surface area (Å²) in [5.41, 5.74) is 4.08. The number of nitrogens with one attached hydrogen (secondary N) is 1. The lowest BCUT2D eigenvalue weighted by Gasteiger charge is -2.33. The Morgan fingerprint density at radius 1 is 1.09 bits per heavy atom. The molecule has 1 aromatic carbocycles. The van der Waals surface area contributed by atoms with Gasteiger partial charge in [-0.1, -0.05) is 12.2 Å². The lowest BCUT2D eigenvalue weighted by Crippen LogP contribution is -2.39. The van der Waals surface area contributed by atoms with E-state index < -0.39 is 0 Å². The zero-order valence-electron chi connectivity index (χ0n) is 19.4. The van der Waals surface area contributed by atoms with Gasteiger partial charge in [-0.2, -0.15) is 0 Å². The second-order valence-corrected chi connectivity index (χ2v) is 9.23. The molecule has 34 heavy (non-hydrogen) atoms. The molecule has 5 rings (SSSR count). The average molecular weight is 461 g/mol. The zero-order chi connectivity index (χ0) is 23.7. The van der Waals surface area contributed by atoms with Gasteiger partial charge in [0.1, 0.15) is 5.82 Å². The maximum Gasteiger partial charge on any atom is 0.256 e. The number of aromatic amines is 1. The molecule has 4 heterocycles. The van der Waals surface area contributed by atoms with Gasteiger partial charge >= 0.3 is 0 Å². The normalized spacial score (nSPS) is 16.9. The minimum atomic E-state index is -0.307. The van der Waals surface area contributed by atoms with Crippen molar-refractivity contribution in [3.8, 4) is 0 Å². The van der Waals surface area contributed by atoms with Crippen molar-refractivity contribution in [1.29, 1.82) is 0 Å². The molecule has 176 valence electrons. The van der Waals surface area contributed by atoms with Crippen LogP contribution in [-0.2, 0) is 11.2 Å². The van der Waals surface area contributed by atoms with Crippen molar-refractivity contribution in [1.82, 2.24) is 19.8 Å². The van der Waals surface area contributed by atoms with Crippen molar-refractivity contribution < 1.29 is 14.0 Å². The largest absolute Gasteiger partial charge is 0.361 e. The monoisotopic (exact) mass is 460 g/mol. The second-order valence-electron chi connectivity index (χ2n) is 9.23. The predicted octanol–water partition coefficient (Wildman–Crippen LogP) is 4.36. The van der Waals surface area contributed by atoms with Crippen molar-refractivity contribution in [3.05, 3.63) is 77.0 Å². The van der Waals surface area contributed by atoms with Crippen LogP contribution in [0, 0.1) is 12.7 Å². The van der Waals surface area contributed by atoms with Gasteiger partial charge in [0.2, 0.25) is 5.91 Å². The summed E-state index contributed by atoms with van der Waals surface area (Å²) in [5, 5.41) is 0.753. The van der Waals surface area contributed by atoms with Crippen LogP contribution in [0.3, 0.4) is 0 Å². The summed E-state index contributed by atoms with van der Waals surface area (Å²) < 4.78 is 13.7. The first-order valence-electron chi connectivity index (χ1n) is 11.9. The van der Waals surface area contributed by atoms with Crippen molar-refractivity contribution in [2.45, 2.75) is 38.5 Å². The first-order valence-corrected chi connectivity index (χ1v) is 11.9. The maximum absolute atomic E-state index is 13.7. The number of amides is 2. The smallest absolute Gasteiger partial charge is 0.256 e. The van der Waals surface area contributed by atoms with Crippen LogP contribution in [0.4, 0.5) is 4.39 Å². The fourth-order valence-electron chi connectivity index (χ4n) is 5.04. The molecule has 2 amide bonds. The van der Waals surface area contributed by atoms with Crippen LogP contribution in [-0.4, -0.2) is 57.8 Å². The highest BCUT2D eigenvalue weighted by molar-refractivity contribution is 5.95. The van der Waals surface area contributed by atoms with Gasteiger partial charge < -0.3 is 14.8 Å². The Morgan fingerprint density at radius 2 is 1.91 bits per heavy atom. The summed E-state index contributed by atoms with van der Waals surface area (Å²) in [5.74, 6) is -0.0854. The molecule has 0 unspecified atom stereocenters. The molecule has 1 N–H and O–H groups in total. The van der Waals surface area contributed by atoms with Crippen LogP contribution in [0.25, 0.3) is 10.9 Å². The number of pyridine rings is 1. The number of halogens is 1. The van der Waals surface area contributed by atoms with E-state index in [2.05, 4.69) is 11.1 Å². The van der Waals surface area contributed by atoms with Crippen LogP contribution in [0.2, 0.25) is 0 Å². The first kappa shape index (κ1) is 22.3. The van der Waals surface area contributed by atoms with E-state index in [4.69, 9.17) is 4.98 Å². The minimum absolute atomic E-state index is 0.0388. The summed E-state index contributed by atoms with van der Waals surface area (Å²) in [7, 11) is 0. The van der Waals surface area contributed by atoms with Gasteiger partial charge in [0.05, 0.1) is 17.7 Å². The predicted molar refractivity (Wildman–Crippen MR) is 129 cm³/mol. The van der Waals surface area contributed by atoms with Crippen LogP contribution < -0.4 is 0 Å². The number of nitrogens with zero attached hydrogens (tertiary/aromatic N) is 3. The lowest BCUT2D eigenvalue weighted by molar-refractivity contribution is -0.131. The molecule has 0 radical (unpaired) electrons. The number of carbonyl (C=O) groups is 2. The molecule has 1 fully saturated rings. The number of benzene rings is 1. The van der Waals surface area contributed by atoms with Crippen LogP contribution >= 0.6 is 0 Å². The van der Waals surface area contributed by atoms with E-state index in [1.54, 1.807) is 12.3 Å². The number of hydrogen-bond donors (Lipinski definition) is 1. The Morgan fingerprint density at radius 3 is 2.68 bits per heavy atom. The van der Waals surface area contributed by atoms with E-state index in [0.717, 1.165) is 53.7 Å². The van der Waals surface area contributed by atoms with Crippen LogP contribution in [0.15, 0.2) is 48.7 Å². The van der Waals surface area contributed by atoms with Gasteiger partial charge in [-0.15, -0.1) is 0 Å². The molecule has 3 aromatic rings. The Labute approximate surface area is 198 Å². The molecular formula is C27H29FN4O2. The van der Waals surface area contributed by atoms with E-state index >= 15 is 0 Å². The summed E-state index contributed by atoms with van der Waals surface area (Å²) in [6.07, 6.45) is 8.59. The van der Waals surface area contributed by atoms with Gasteiger partial charge in [0, 0.05) is 54.9 Å². The Balaban J connectivity index is 1.27. The number of rotatable bonds is 4. The SMILES string of the molecule is Cc1ccc(C(=O)N2CC=CCC2)c(C2CCN(C(=O)Cc3c[nH]c4ccc(F)cc34)CC2)n1. The number of hydrogen-bond acceptors (Lipinski definition) is 3. The van der Waals surface area contributed by atoms with Gasteiger partial charge in [-0.3, -0.25) is 14.6 Å². The number of aryl methyl sites for hydroxylation is 1. The topological polar surface area (TPSA) is 69.3 Å². The quantitative estimate of drug-likeness (QED) is 0.588. The number of fused-ring (bicyclic) bond motifs is 1. The molecule has 0 aliphatic carbocycles. The standard InChI is InChI=1S/C27H29FN4O2/c1-18-5-7-22(27(34)32-11-3-2-4-12-32)26(30-18)19-9-13-31(14-10-19)25(33)15-20-17-29-24-8-6-21(28)16-23(20)24/h2-3,5-8,16-17,19,29H,4,9-15H2,1H3. The van der Waals surface area contributed by atoms with Crippen LogP contribution in [0.1, 0.15) is 52.5 Å². The molecule has 2 aliphatic heterocycles. The highest BCUT2D eigenvalue weighted by atomic mass is 19.1. The summed E-state index contributed by atoms with van der Waals surface area (Å²) >= 11 is 0. The molecule has 0 saturated carbocycles. The third kappa shape index (κ3) is 4.47. The molecule has 2 aromatic heterocycles. The first-order chi connectivity index (χ1) is 16.5. The number of piperidine rings is 1. The molecule has 1 saturated heterocycles. The molecule has 0 spiro atoms. The third-order valence-corrected chi connectivity index (χ3v) is 6.95. The fourth-order valence-corrected chi connectivity index (χ4v) is 5.04. The summed E-state index contributed by atoms with van der Waals surface area (Å²) in [6.45, 7) is 4.56. The number of likely N-dealkylation sites (tertiary alicyclic amines) is 1. The van der Waals surface area contributed by atoms with Crippen molar-refractivity contribution in [2.24, 2.45) is 0 Å². The van der Waals surface area contributed by atoms with E-state index in [1.165, 1.54) is 12.1 Å². The Hall–Kier alpha value is -3.48. The number of carbonyl (C=O) groups excluding carboxylic acids is 2. The minimum Gasteiger partial charge on any atom is -0.361 e. The molecule has 6 nitrogen and oxygen atoms in total. The van der Waals surface area contributed by atoms with Crippen molar-refractivity contribution in [3.63, 3.8) is 0 Å².